The van der Waals surface area contributed by atoms with Crippen molar-refractivity contribution >= 4 is 10.9 Å². The van der Waals surface area contributed by atoms with E-state index in [4.69, 9.17) is 9.47 Å². The van der Waals surface area contributed by atoms with Crippen molar-refractivity contribution in [1.82, 2.24) is 9.88 Å². The lowest BCUT2D eigenvalue weighted by Crippen LogP contribution is -2.39. The number of fused-ring (bicyclic) bond motifs is 2. The van der Waals surface area contributed by atoms with Crippen molar-refractivity contribution in [3.05, 3.63) is 70.3 Å². The number of ether oxygens (including phenoxy) is 2. The van der Waals surface area contributed by atoms with Gasteiger partial charge in [-0.05, 0) is 47.7 Å². The summed E-state index contributed by atoms with van der Waals surface area (Å²) in [6.45, 7) is 6.05. The third-order valence-electron chi connectivity index (χ3n) is 4.94. The minimum absolute atomic E-state index is 0.0875. The highest BCUT2D eigenvalue weighted by atomic mass is 19.1. The van der Waals surface area contributed by atoms with Gasteiger partial charge in [0.05, 0.1) is 5.52 Å². The summed E-state index contributed by atoms with van der Waals surface area (Å²) in [7, 11) is 0. The monoisotopic (exact) mass is 396 g/mol. The van der Waals surface area contributed by atoms with E-state index in [1.54, 1.807) is 10.6 Å². The Hall–Kier alpha value is -2.86. The minimum Gasteiger partial charge on any atom is -0.486 e. The molecule has 0 spiro atoms. The van der Waals surface area contributed by atoms with Gasteiger partial charge in [-0.1, -0.05) is 26.0 Å². The van der Waals surface area contributed by atoms with E-state index < -0.39 is 0 Å². The summed E-state index contributed by atoms with van der Waals surface area (Å²) >= 11 is 0. The first-order chi connectivity index (χ1) is 14.0. The molecule has 0 radical (unpaired) electrons. The molecule has 1 aliphatic rings. The lowest BCUT2D eigenvalue weighted by atomic mass is 10.1. The van der Waals surface area contributed by atoms with Crippen molar-refractivity contribution < 1.29 is 13.9 Å². The highest BCUT2D eigenvalue weighted by Crippen LogP contribution is 2.30. The second-order valence-electron chi connectivity index (χ2n) is 7.81. The van der Waals surface area contributed by atoms with Crippen LogP contribution in [0.4, 0.5) is 4.39 Å². The topological polar surface area (TPSA) is 52.5 Å². The molecule has 1 unspecified atom stereocenters. The number of benzene rings is 2. The fourth-order valence-corrected chi connectivity index (χ4v) is 3.61. The average Bonchev–Trinajstić information content (AvgIpc) is 2.71. The fraction of sp³-hybridized carbons (Fsp3) is 0.348. The quantitative estimate of drug-likeness (QED) is 0.690. The Morgan fingerprint density at radius 2 is 1.97 bits per heavy atom. The Labute approximate surface area is 169 Å². The first-order valence-corrected chi connectivity index (χ1v) is 9.92. The van der Waals surface area contributed by atoms with Gasteiger partial charge in [-0.25, -0.2) is 4.39 Å². The van der Waals surface area contributed by atoms with E-state index in [9.17, 15) is 9.18 Å². The first kappa shape index (κ1) is 19.5. The predicted molar refractivity (Wildman–Crippen MR) is 111 cm³/mol. The summed E-state index contributed by atoms with van der Waals surface area (Å²) in [5, 5.41) is 4.16. The van der Waals surface area contributed by atoms with Crippen LogP contribution in [0.15, 0.2) is 53.3 Å². The van der Waals surface area contributed by atoms with E-state index in [1.165, 1.54) is 12.1 Å². The van der Waals surface area contributed by atoms with Crippen LogP contribution in [0.5, 0.6) is 11.5 Å². The smallest absolute Gasteiger partial charge is 0.255 e. The van der Waals surface area contributed by atoms with Crippen molar-refractivity contribution in [3.8, 4) is 11.5 Å². The number of hydrogen-bond donors (Lipinski definition) is 1. The molecule has 1 aliphatic heterocycles. The molecule has 5 nitrogen and oxygen atoms in total. The van der Waals surface area contributed by atoms with Crippen molar-refractivity contribution in [2.24, 2.45) is 5.92 Å². The molecule has 2 heterocycles. The van der Waals surface area contributed by atoms with Crippen LogP contribution in [0.3, 0.4) is 0 Å². The van der Waals surface area contributed by atoms with Gasteiger partial charge in [-0.2, -0.15) is 0 Å². The van der Waals surface area contributed by atoms with Crippen molar-refractivity contribution in [3.63, 3.8) is 0 Å². The Kier molecular flexibility index (Phi) is 5.53. The lowest BCUT2D eigenvalue weighted by molar-refractivity contribution is 0.0902. The zero-order valence-corrected chi connectivity index (χ0v) is 16.7. The van der Waals surface area contributed by atoms with Gasteiger partial charge in [0.15, 0.2) is 11.5 Å². The lowest BCUT2D eigenvalue weighted by Gasteiger charge is -2.26. The molecule has 152 valence electrons. The highest BCUT2D eigenvalue weighted by Gasteiger charge is 2.20. The molecule has 6 heteroatoms. The van der Waals surface area contributed by atoms with Gasteiger partial charge in [0, 0.05) is 25.2 Å². The molecule has 1 atom stereocenters. The molecule has 4 rings (SSSR count). The molecule has 0 aliphatic carbocycles. The summed E-state index contributed by atoms with van der Waals surface area (Å²) in [5.41, 5.74) is 1.20. The number of halogens is 1. The van der Waals surface area contributed by atoms with Gasteiger partial charge in [0.2, 0.25) is 0 Å². The van der Waals surface area contributed by atoms with Gasteiger partial charge in [-0.15, -0.1) is 0 Å². The normalized spacial score (nSPS) is 15.8. The van der Waals surface area contributed by atoms with Crippen LogP contribution < -0.4 is 20.3 Å². The Morgan fingerprint density at radius 1 is 1.17 bits per heavy atom. The zero-order chi connectivity index (χ0) is 20.4. The summed E-state index contributed by atoms with van der Waals surface area (Å²) in [6, 6.07) is 14.0. The SMILES string of the molecule is CC(C)Cn1c(=O)c(CNCC2COc3ccccc3O2)cc2ccc(F)cc21. The second kappa shape index (κ2) is 8.25. The summed E-state index contributed by atoms with van der Waals surface area (Å²) in [6.07, 6.45) is -0.127. The van der Waals surface area contributed by atoms with Crippen molar-refractivity contribution in [1.29, 1.82) is 0 Å². The molecule has 0 saturated heterocycles. The maximum absolute atomic E-state index is 13.7. The molecule has 0 fully saturated rings. The van der Waals surface area contributed by atoms with E-state index >= 15 is 0 Å². The molecular weight excluding hydrogens is 371 g/mol. The second-order valence-corrected chi connectivity index (χ2v) is 7.81. The fourth-order valence-electron chi connectivity index (χ4n) is 3.61. The number of para-hydroxylation sites is 2. The van der Waals surface area contributed by atoms with Gasteiger partial charge in [-0.3, -0.25) is 4.79 Å². The number of aromatic nitrogens is 1. The molecular formula is C23H25FN2O3. The molecule has 0 bridgehead atoms. The predicted octanol–water partition coefficient (Wildman–Crippen LogP) is 3.73. The van der Waals surface area contributed by atoms with Crippen LogP contribution in [0.2, 0.25) is 0 Å². The number of nitrogens with zero attached hydrogens (tertiary/aromatic N) is 1. The largest absolute Gasteiger partial charge is 0.486 e. The molecule has 2 aromatic carbocycles. The van der Waals surface area contributed by atoms with E-state index in [0.717, 1.165) is 16.9 Å². The number of rotatable bonds is 6. The Bertz CT molecular complexity index is 1080. The van der Waals surface area contributed by atoms with Crippen LogP contribution in [0.1, 0.15) is 19.4 Å². The highest BCUT2D eigenvalue weighted by molar-refractivity contribution is 5.79. The zero-order valence-electron chi connectivity index (χ0n) is 16.7. The van der Waals surface area contributed by atoms with Crippen LogP contribution in [-0.2, 0) is 13.1 Å². The van der Waals surface area contributed by atoms with Crippen LogP contribution >= 0.6 is 0 Å². The van der Waals surface area contributed by atoms with Gasteiger partial charge < -0.3 is 19.4 Å². The molecule has 0 saturated carbocycles. The average molecular weight is 396 g/mol. The molecule has 1 N–H and O–H groups in total. The van der Waals surface area contributed by atoms with Gasteiger partial charge in [0.1, 0.15) is 18.5 Å². The third-order valence-corrected chi connectivity index (χ3v) is 4.94. The number of nitrogens with one attached hydrogen (secondary N) is 1. The van der Waals surface area contributed by atoms with Crippen molar-refractivity contribution in [2.75, 3.05) is 13.2 Å². The molecule has 3 aromatic rings. The number of pyridine rings is 1. The van der Waals surface area contributed by atoms with E-state index in [0.29, 0.717) is 37.3 Å². The number of hydrogen-bond acceptors (Lipinski definition) is 4. The Morgan fingerprint density at radius 3 is 2.76 bits per heavy atom. The molecule has 29 heavy (non-hydrogen) atoms. The third kappa shape index (κ3) is 4.27. The summed E-state index contributed by atoms with van der Waals surface area (Å²) in [5.74, 6) is 1.42. The van der Waals surface area contributed by atoms with Gasteiger partial charge in [0.25, 0.3) is 5.56 Å². The maximum Gasteiger partial charge on any atom is 0.255 e. The van der Waals surface area contributed by atoms with Gasteiger partial charge >= 0.3 is 0 Å². The van der Waals surface area contributed by atoms with E-state index in [-0.39, 0.29) is 23.4 Å². The van der Waals surface area contributed by atoms with Crippen LogP contribution in [-0.4, -0.2) is 23.8 Å². The summed E-state index contributed by atoms with van der Waals surface area (Å²) < 4.78 is 27.1. The van der Waals surface area contributed by atoms with Crippen LogP contribution in [0.25, 0.3) is 10.9 Å². The summed E-state index contributed by atoms with van der Waals surface area (Å²) in [4.78, 5) is 13.0. The first-order valence-electron chi connectivity index (χ1n) is 9.92. The van der Waals surface area contributed by atoms with Crippen molar-refractivity contribution in [2.45, 2.75) is 33.0 Å². The maximum atomic E-state index is 13.7. The standard InChI is InChI=1S/C23H25FN2O3/c1-15(2)13-26-20-10-18(24)8-7-16(20)9-17(23(26)27)11-25-12-19-14-28-21-5-3-4-6-22(21)29-19/h3-10,15,19,25H,11-14H2,1-2H3. The van der Waals surface area contributed by atoms with Crippen LogP contribution in [0, 0.1) is 11.7 Å². The van der Waals surface area contributed by atoms with E-state index in [1.807, 2.05) is 44.2 Å². The van der Waals surface area contributed by atoms with E-state index in [2.05, 4.69) is 5.32 Å². The molecule has 0 amide bonds. The molecule has 1 aromatic heterocycles. The minimum atomic E-state index is -0.338. The Balaban J connectivity index is 1.50.